The molecular weight excluding hydrogens is 805 g/mol. The Hall–Kier alpha value is -2.37. The minimum Gasteiger partial charge on any atom is -0.462 e. The monoisotopic (exact) mass is 913 g/mol. The van der Waals surface area contributed by atoms with Crippen molar-refractivity contribution in [3.8, 4) is 0 Å². The molecule has 0 aromatic rings. The Bertz CT molecular complexity index is 1090. The lowest BCUT2D eigenvalue weighted by Crippen LogP contribution is -2.30. The number of rotatable bonds is 52. The largest absolute Gasteiger partial charge is 0.462 e. The SMILES string of the molecule is CCCC/C=C\C/C=C\CCCCCCCC(=O)OCC(COC(=O)CCCCCCCCC/C=C\CCCCCCCC)OC(=O)CCCCCCCCCCCCCCCCCC. The van der Waals surface area contributed by atoms with Gasteiger partial charge in [0.1, 0.15) is 13.2 Å². The summed E-state index contributed by atoms with van der Waals surface area (Å²) in [5.74, 6) is -0.877. The third-order valence-corrected chi connectivity index (χ3v) is 12.6. The average Bonchev–Trinajstić information content (AvgIpc) is 3.30. The molecule has 0 saturated carbocycles. The molecule has 1 atom stereocenters. The van der Waals surface area contributed by atoms with Crippen molar-refractivity contribution in [1.82, 2.24) is 0 Å². The van der Waals surface area contributed by atoms with E-state index in [0.717, 1.165) is 77.0 Å². The number of carbonyl (C=O) groups is 3. The van der Waals surface area contributed by atoms with Crippen molar-refractivity contribution in [2.24, 2.45) is 0 Å². The number of hydrogen-bond donors (Lipinski definition) is 0. The van der Waals surface area contributed by atoms with Crippen LogP contribution in [-0.2, 0) is 28.6 Å². The van der Waals surface area contributed by atoms with E-state index in [1.54, 1.807) is 0 Å². The summed E-state index contributed by atoms with van der Waals surface area (Å²) in [6.07, 6.45) is 64.1. The van der Waals surface area contributed by atoms with Gasteiger partial charge in [0.15, 0.2) is 6.10 Å². The van der Waals surface area contributed by atoms with Gasteiger partial charge in [0.2, 0.25) is 0 Å². The molecule has 0 aromatic heterocycles. The number of allylic oxidation sites excluding steroid dienone is 6. The van der Waals surface area contributed by atoms with Crippen LogP contribution in [0.5, 0.6) is 0 Å². The number of esters is 3. The van der Waals surface area contributed by atoms with Crippen LogP contribution in [0, 0.1) is 0 Å². The first-order chi connectivity index (χ1) is 32.0. The second-order valence-corrected chi connectivity index (χ2v) is 19.2. The molecule has 0 heterocycles. The molecule has 0 aliphatic carbocycles. The van der Waals surface area contributed by atoms with E-state index in [1.807, 2.05) is 0 Å². The third-order valence-electron chi connectivity index (χ3n) is 12.6. The van der Waals surface area contributed by atoms with E-state index in [0.29, 0.717) is 19.3 Å². The number of unbranched alkanes of at least 4 members (excludes halogenated alkanes) is 35. The van der Waals surface area contributed by atoms with Crippen molar-refractivity contribution < 1.29 is 28.6 Å². The van der Waals surface area contributed by atoms with Crippen LogP contribution in [0.1, 0.15) is 303 Å². The Morgan fingerprint density at radius 2 is 0.569 bits per heavy atom. The Kier molecular flexibility index (Phi) is 52.3. The summed E-state index contributed by atoms with van der Waals surface area (Å²) in [6.45, 7) is 6.62. The zero-order valence-electron chi connectivity index (χ0n) is 43.5. The van der Waals surface area contributed by atoms with Crippen molar-refractivity contribution >= 4 is 17.9 Å². The molecule has 0 saturated heterocycles. The van der Waals surface area contributed by atoms with Gasteiger partial charge in [-0.15, -0.1) is 0 Å². The maximum atomic E-state index is 12.8. The molecule has 0 N–H and O–H groups in total. The van der Waals surface area contributed by atoms with E-state index in [2.05, 4.69) is 57.2 Å². The fourth-order valence-electron chi connectivity index (χ4n) is 8.28. The van der Waals surface area contributed by atoms with Gasteiger partial charge in [0.25, 0.3) is 0 Å². The average molecular weight is 914 g/mol. The van der Waals surface area contributed by atoms with Crippen molar-refractivity contribution in [2.45, 2.75) is 309 Å². The topological polar surface area (TPSA) is 78.9 Å². The zero-order valence-corrected chi connectivity index (χ0v) is 43.5. The van der Waals surface area contributed by atoms with Gasteiger partial charge in [0.05, 0.1) is 0 Å². The molecule has 0 aromatic carbocycles. The Morgan fingerprint density at radius 3 is 0.908 bits per heavy atom. The summed E-state index contributed by atoms with van der Waals surface area (Å²) in [7, 11) is 0. The molecule has 6 heteroatoms. The van der Waals surface area contributed by atoms with Crippen molar-refractivity contribution in [3.05, 3.63) is 36.5 Å². The lowest BCUT2D eigenvalue weighted by molar-refractivity contribution is -0.167. The van der Waals surface area contributed by atoms with Gasteiger partial charge < -0.3 is 14.2 Å². The van der Waals surface area contributed by atoms with E-state index >= 15 is 0 Å². The fraction of sp³-hybridized carbons (Fsp3) is 0.847. The first-order valence-electron chi connectivity index (χ1n) is 28.5. The Labute approximate surface area is 404 Å². The normalized spacial score (nSPS) is 12.2. The van der Waals surface area contributed by atoms with E-state index < -0.39 is 6.10 Å². The van der Waals surface area contributed by atoms with Crippen molar-refractivity contribution in [2.75, 3.05) is 13.2 Å². The van der Waals surface area contributed by atoms with Crippen LogP contribution in [0.4, 0.5) is 0 Å². The third kappa shape index (κ3) is 52.5. The van der Waals surface area contributed by atoms with Crippen LogP contribution in [0.2, 0.25) is 0 Å². The number of ether oxygens (including phenoxy) is 3. The molecule has 0 aliphatic rings. The molecule has 0 aliphatic heterocycles. The van der Waals surface area contributed by atoms with Crippen LogP contribution in [0.15, 0.2) is 36.5 Å². The highest BCUT2D eigenvalue weighted by atomic mass is 16.6. The molecule has 0 fully saturated rings. The van der Waals surface area contributed by atoms with Gasteiger partial charge in [-0.1, -0.05) is 250 Å². The summed E-state index contributed by atoms with van der Waals surface area (Å²) in [5.41, 5.74) is 0. The van der Waals surface area contributed by atoms with Gasteiger partial charge >= 0.3 is 17.9 Å². The predicted molar refractivity (Wildman–Crippen MR) is 279 cm³/mol. The molecule has 380 valence electrons. The highest BCUT2D eigenvalue weighted by molar-refractivity contribution is 5.71. The standard InChI is InChI=1S/C59H108O6/c1-4-7-10-13-16-19-22-25-28-30-32-34-37-40-43-46-49-52-58(61)64-55-56(54-63-57(60)51-48-45-42-39-36-33-27-24-21-18-15-12-9-6-3)65-59(62)53-50-47-44-41-38-35-31-29-26-23-20-17-14-11-8-5-2/h15,18,24-25,27-28,56H,4-14,16-17,19-23,26,29-55H2,1-3H3/b18-15-,27-24-,28-25-. The van der Waals surface area contributed by atoms with E-state index in [4.69, 9.17) is 14.2 Å². The molecule has 0 radical (unpaired) electrons. The van der Waals surface area contributed by atoms with Crippen LogP contribution in [0.25, 0.3) is 0 Å². The van der Waals surface area contributed by atoms with E-state index in [1.165, 1.54) is 186 Å². The molecular formula is C59H108O6. The van der Waals surface area contributed by atoms with Crippen LogP contribution < -0.4 is 0 Å². The quantitative estimate of drug-likeness (QED) is 0.0262. The number of hydrogen-bond acceptors (Lipinski definition) is 6. The lowest BCUT2D eigenvalue weighted by Gasteiger charge is -2.18. The summed E-state index contributed by atoms with van der Waals surface area (Å²) in [4.78, 5) is 38.1. The second-order valence-electron chi connectivity index (χ2n) is 19.2. The minimum absolute atomic E-state index is 0.0756. The molecule has 1 unspecified atom stereocenters. The molecule has 0 rings (SSSR count). The summed E-state index contributed by atoms with van der Waals surface area (Å²) >= 11 is 0. The maximum absolute atomic E-state index is 12.8. The van der Waals surface area contributed by atoms with Crippen LogP contribution >= 0.6 is 0 Å². The highest BCUT2D eigenvalue weighted by Gasteiger charge is 2.19. The maximum Gasteiger partial charge on any atom is 0.306 e. The Balaban J connectivity index is 4.36. The smallest absolute Gasteiger partial charge is 0.306 e. The van der Waals surface area contributed by atoms with E-state index in [9.17, 15) is 14.4 Å². The predicted octanol–water partition coefficient (Wildman–Crippen LogP) is 18.9. The van der Waals surface area contributed by atoms with Gasteiger partial charge in [0, 0.05) is 19.3 Å². The van der Waals surface area contributed by atoms with E-state index in [-0.39, 0.29) is 31.1 Å². The van der Waals surface area contributed by atoms with Crippen molar-refractivity contribution in [1.29, 1.82) is 0 Å². The van der Waals surface area contributed by atoms with Gasteiger partial charge in [-0.2, -0.15) is 0 Å². The molecule has 65 heavy (non-hydrogen) atoms. The lowest BCUT2D eigenvalue weighted by atomic mass is 10.0. The Morgan fingerprint density at radius 1 is 0.308 bits per heavy atom. The second kappa shape index (κ2) is 54.2. The molecule has 0 spiro atoms. The summed E-state index contributed by atoms with van der Waals surface area (Å²) in [5, 5.41) is 0. The van der Waals surface area contributed by atoms with Crippen LogP contribution in [-0.4, -0.2) is 37.2 Å². The van der Waals surface area contributed by atoms with Gasteiger partial charge in [-0.3, -0.25) is 14.4 Å². The van der Waals surface area contributed by atoms with Crippen molar-refractivity contribution in [3.63, 3.8) is 0 Å². The molecule has 0 amide bonds. The van der Waals surface area contributed by atoms with Gasteiger partial charge in [-0.05, 0) is 70.6 Å². The first kappa shape index (κ1) is 62.6. The molecule has 0 bridgehead atoms. The fourth-order valence-corrected chi connectivity index (χ4v) is 8.28. The summed E-state index contributed by atoms with van der Waals surface area (Å²) in [6, 6.07) is 0. The van der Waals surface area contributed by atoms with Gasteiger partial charge in [-0.25, -0.2) is 0 Å². The van der Waals surface area contributed by atoms with Crippen LogP contribution in [0.3, 0.4) is 0 Å². The zero-order chi connectivity index (χ0) is 47.2. The minimum atomic E-state index is -0.776. The number of carbonyl (C=O) groups excluding carboxylic acids is 3. The highest BCUT2D eigenvalue weighted by Crippen LogP contribution is 2.16. The summed E-state index contributed by atoms with van der Waals surface area (Å²) < 4.78 is 16.9. The molecule has 6 nitrogen and oxygen atoms in total. The first-order valence-corrected chi connectivity index (χ1v) is 28.5.